The summed E-state index contributed by atoms with van der Waals surface area (Å²) in [5.74, 6) is -0.727. The first-order valence-electron chi connectivity index (χ1n) is 1.61. The first kappa shape index (κ1) is 3.59. The lowest BCUT2D eigenvalue weighted by molar-refractivity contribution is -0.170. The molecule has 1 heterocycles. The second-order valence-corrected chi connectivity index (χ2v) is 1.10. The molecule has 1 fully saturated rings. The van der Waals surface area contributed by atoms with E-state index in [4.69, 9.17) is 0 Å². The van der Waals surface area contributed by atoms with E-state index in [0.29, 0.717) is 0 Å². The van der Waals surface area contributed by atoms with E-state index in [9.17, 15) is 9.18 Å². The van der Waals surface area contributed by atoms with E-state index in [2.05, 4.69) is 4.74 Å². The van der Waals surface area contributed by atoms with Gasteiger partial charge in [-0.2, -0.15) is 0 Å². The Morgan fingerprint density at radius 2 is 2.50 bits per heavy atom. The normalized spacial score (nSPS) is 31.5. The molecule has 0 aromatic heterocycles. The van der Waals surface area contributed by atoms with Crippen molar-refractivity contribution in [3.63, 3.8) is 0 Å². The average Bonchev–Trinajstić information content (AvgIpc) is 1.61. The maximum atomic E-state index is 11.4. The lowest BCUT2D eigenvalue weighted by atomic mass is 10.3. The Kier molecular flexibility index (Phi) is 0.555. The molecule has 0 aromatic rings. The third-order valence-electron chi connectivity index (χ3n) is 0.628. The molecule has 1 unspecified atom stereocenters. The monoisotopic (exact) mass is 90.0 g/mol. The highest BCUT2D eigenvalue weighted by atomic mass is 19.1. The predicted octanol–water partition coefficient (Wildman–Crippen LogP) is -0.119. The highest BCUT2D eigenvalue weighted by Crippen LogP contribution is 2.05. The quantitative estimate of drug-likeness (QED) is 0.387. The minimum atomic E-state index is -1.33. The zero-order valence-electron chi connectivity index (χ0n) is 2.98. The number of hydrogen-bond acceptors (Lipinski definition) is 2. The molecule has 2 nitrogen and oxygen atoms in total. The molecule has 1 aliphatic rings. The summed E-state index contributed by atoms with van der Waals surface area (Å²) in [5, 5.41) is 0. The van der Waals surface area contributed by atoms with Crippen molar-refractivity contribution in [2.45, 2.75) is 6.17 Å². The van der Waals surface area contributed by atoms with Crippen molar-refractivity contribution in [3.05, 3.63) is 0 Å². The van der Waals surface area contributed by atoms with Gasteiger partial charge in [-0.1, -0.05) is 0 Å². The first-order chi connectivity index (χ1) is 2.80. The van der Waals surface area contributed by atoms with Crippen LogP contribution >= 0.6 is 0 Å². The molecule has 0 aliphatic carbocycles. The fourth-order valence-corrected chi connectivity index (χ4v) is 0.214. The average molecular weight is 90.1 g/mol. The molecule has 0 bridgehead atoms. The highest BCUT2D eigenvalue weighted by molar-refractivity contribution is 5.79. The maximum absolute atomic E-state index is 11.4. The van der Waals surface area contributed by atoms with E-state index in [-0.39, 0.29) is 6.61 Å². The Hall–Kier alpha value is -0.600. The van der Waals surface area contributed by atoms with Crippen LogP contribution in [0.1, 0.15) is 0 Å². The fraction of sp³-hybridized carbons (Fsp3) is 0.667. The SMILES string of the molecule is O=C1OCC1F. The lowest BCUT2D eigenvalue weighted by Gasteiger charge is -2.15. The summed E-state index contributed by atoms with van der Waals surface area (Å²) in [7, 11) is 0. The number of alkyl halides is 1. The highest BCUT2D eigenvalue weighted by Gasteiger charge is 2.29. The number of halogens is 1. The Balaban J connectivity index is 2.39. The molecule has 34 valence electrons. The van der Waals surface area contributed by atoms with Crippen molar-refractivity contribution >= 4 is 5.97 Å². The van der Waals surface area contributed by atoms with Gasteiger partial charge in [0.25, 0.3) is 0 Å². The van der Waals surface area contributed by atoms with Crippen molar-refractivity contribution in [1.29, 1.82) is 0 Å². The molecule has 0 aromatic carbocycles. The summed E-state index contributed by atoms with van der Waals surface area (Å²) in [4.78, 5) is 9.63. The Labute approximate surface area is 33.9 Å². The Morgan fingerprint density at radius 1 is 2.00 bits per heavy atom. The molecule has 0 radical (unpaired) electrons. The summed E-state index contributed by atoms with van der Waals surface area (Å²) in [6.45, 7) is -0.0428. The van der Waals surface area contributed by atoms with Crippen LogP contribution in [0.4, 0.5) is 4.39 Å². The summed E-state index contributed by atoms with van der Waals surface area (Å²) < 4.78 is 15.5. The number of esters is 1. The van der Waals surface area contributed by atoms with Gasteiger partial charge in [-0.15, -0.1) is 0 Å². The van der Waals surface area contributed by atoms with E-state index >= 15 is 0 Å². The number of rotatable bonds is 0. The maximum Gasteiger partial charge on any atom is 0.344 e. The number of carbonyl (C=O) groups excluding carboxylic acids is 1. The summed E-state index contributed by atoms with van der Waals surface area (Å²) in [5.41, 5.74) is 0. The second-order valence-electron chi connectivity index (χ2n) is 1.10. The van der Waals surface area contributed by atoms with Gasteiger partial charge in [0.15, 0.2) is 0 Å². The van der Waals surface area contributed by atoms with Crippen LogP contribution in [0.3, 0.4) is 0 Å². The van der Waals surface area contributed by atoms with Gasteiger partial charge in [-0.25, -0.2) is 9.18 Å². The standard InChI is InChI=1S/C3H3FO2/c4-2-1-6-3(2)5/h2H,1H2. The summed E-state index contributed by atoms with van der Waals surface area (Å²) in [6.07, 6.45) is -1.33. The molecule has 0 amide bonds. The largest absolute Gasteiger partial charge is 0.460 e. The van der Waals surface area contributed by atoms with Crippen LogP contribution in [0.25, 0.3) is 0 Å². The van der Waals surface area contributed by atoms with Crippen molar-refractivity contribution in [2.75, 3.05) is 6.61 Å². The zero-order chi connectivity index (χ0) is 4.57. The van der Waals surface area contributed by atoms with Crippen molar-refractivity contribution in [1.82, 2.24) is 0 Å². The van der Waals surface area contributed by atoms with Crippen molar-refractivity contribution in [2.24, 2.45) is 0 Å². The number of carbonyl (C=O) groups is 1. The van der Waals surface area contributed by atoms with Gasteiger partial charge >= 0.3 is 5.97 Å². The number of ether oxygens (including phenoxy) is 1. The van der Waals surface area contributed by atoms with E-state index in [1.165, 1.54) is 0 Å². The van der Waals surface area contributed by atoms with E-state index < -0.39 is 12.1 Å². The van der Waals surface area contributed by atoms with E-state index in [0.717, 1.165) is 0 Å². The summed E-state index contributed by atoms with van der Waals surface area (Å²) in [6, 6.07) is 0. The van der Waals surface area contributed by atoms with E-state index in [1.54, 1.807) is 0 Å². The topological polar surface area (TPSA) is 26.3 Å². The third kappa shape index (κ3) is 0.278. The van der Waals surface area contributed by atoms with Crippen LogP contribution in [-0.4, -0.2) is 18.7 Å². The zero-order valence-corrected chi connectivity index (χ0v) is 2.98. The van der Waals surface area contributed by atoms with E-state index in [1.807, 2.05) is 0 Å². The van der Waals surface area contributed by atoms with Gasteiger partial charge in [-0.3, -0.25) is 0 Å². The first-order valence-corrected chi connectivity index (χ1v) is 1.61. The third-order valence-corrected chi connectivity index (χ3v) is 0.628. The number of hydrogen-bond donors (Lipinski definition) is 0. The Morgan fingerprint density at radius 3 is 2.50 bits per heavy atom. The molecule has 1 atom stereocenters. The molecule has 1 rings (SSSR count). The molecule has 0 N–H and O–H groups in total. The number of cyclic esters (lactones) is 1. The van der Waals surface area contributed by atoms with Crippen LogP contribution < -0.4 is 0 Å². The molecule has 1 aliphatic heterocycles. The molecule has 0 saturated carbocycles. The molecular formula is C3H3FO2. The lowest BCUT2D eigenvalue weighted by Crippen LogP contribution is -2.36. The van der Waals surface area contributed by atoms with Gasteiger partial charge in [-0.05, 0) is 0 Å². The van der Waals surface area contributed by atoms with Crippen LogP contribution in [0.15, 0.2) is 0 Å². The van der Waals surface area contributed by atoms with Gasteiger partial charge < -0.3 is 4.74 Å². The second kappa shape index (κ2) is 0.929. The van der Waals surface area contributed by atoms with Crippen molar-refractivity contribution in [3.8, 4) is 0 Å². The molecule has 0 spiro atoms. The van der Waals surface area contributed by atoms with Crippen molar-refractivity contribution < 1.29 is 13.9 Å². The predicted molar refractivity (Wildman–Crippen MR) is 15.9 cm³/mol. The van der Waals surface area contributed by atoms with Crippen LogP contribution in [0.2, 0.25) is 0 Å². The minimum absolute atomic E-state index is 0.0428. The van der Waals surface area contributed by atoms with Gasteiger partial charge in [0.1, 0.15) is 6.61 Å². The van der Waals surface area contributed by atoms with Gasteiger partial charge in [0.05, 0.1) is 0 Å². The smallest absolute Gasteiger partial charge is 0.344 e. The van der Waals surface area contributed by atoms with Gasteiger partial charge in [0, 0.05) is 0 Å². The fourth-order valence-electron chi connectivity index (χ4n) is 0.214. The Bertz CT molecular complexity index is 80.9. The molecule has 6 heavy (non-hydrogen) atoms. The van der Waals surface area contributed by atoms with Crippen LogP contribution in [-0.2, 0) is 9.53 Å². The molecule has 1 saturated heterocycles. The summed E-state index contributed by atoms with van der Waals surface area (Å²) >= 11 is 0. The van der Waals surface area contributed by atoms with Gasteiger partial charge in [0.2, 0.25) is 6.17 Å². The molecular weight excluding hydrogens is 87.0 g/mol. The molecule has 3 heteroatoms. The van der Waals surface area contributed by atoms with Crippen LogP contribution in [0.5, 0.6) is 0 Å². The minimum Gasteiger partial charge on any atom is -0.460 e. The van der Waals surface area contributed by atoms with Crippen LogP contribution in [0, 0.1) is 0 Å².